The normalized spacial score (nSPS) is 18.4. The first kappa shape index (κ1) is 10.1. The fraction of sp³-hybridized carbons (Fsp3) is 1.00. The molecule has 1 fully saturated rings. The van der Waals surface area contributed by atoms with Gasteiger partial charge in [-0.2, -0.15) is 0 Å². The van der Waals surface area contributed by atoms with E-state index >= 15 is 0 Å². The van der Waals surface area contributed by atoms with Gasteiger partial charge in [-0.1, -0.05) is 38.5 Å². The van der Waals surface area contributed by atoms with E-state index in [2.05, 4.69) is 0 Å². The molecule has 59 valence electrons. The average molecular weight is 214 g/mol. The molecular weight excluding hydrogens is 202 g/mol. The Labute approximate surface area is 71.8 Å². The van der Waals surface area contributed by atoms with Gasteiger partial charge in [0.1, 0.15) is 0 Å². The summed E-state index contributed by atoms with van der Waals surface area (Å²) in [7, 11) is 9.47. The number of hydrogen-bond donors (Lipinski definition) is 0. The summed E-state index contributed by atoms with van der Waals surface area (Å²) in [5.41, 5.74) is 0. The van der Waals surface area contributed by atoms with Gasteiger partial charge in [0.2, 0.25) is 0 Å². The van der Waals surface area contributed by atoms with E-state index in [1.807, 2.05) is 0 Å². The van der Waals surface area contributed by atoms with Crippen molar-refractivity contribution >= 4 is 20.3 Å². The van der Waals surface area contributed by atoms with Crippen LogP contribution in [-0.2, 0) is 12.9 Å². The first-order valence-corrected chi connectivity index (χ1v) is 6.12. The third-order valence-corrected chi connectivity index (χ3v) is 1.50. The van der Waals surface area contributed by atoms with Crippen LogP contribution in [0.4, 0.5) is 0 Å². The van der Waals surface area contributed by atoms with Crippen molar-refractivity contribution in [3.8, 4) is 0 Å². The van der Waals surface area contributed by atoms with Gasteiger partial charge in [0.15, 0.2) is 0 Å². The van der Waals surface area contributed by atoms with Gasteiger partial charge in [0.05, 0.1) is 0 Å². The second kappa shape index (κ2) is 9.09. The van der Waals surface area contributed by atoms with Crippen LogP contribution in [-0.4, -0.2) is 0 Å². The molecule has 0 spiro atoms. The number of halogens is 2. The van der Waals surface area contributed by atoms with Crippen molar-refractivity contribution in [3.05, 3.63) is 0 Å². The molecule has 0 aliphatic heterocycles. The van der Waals surface area contributed by atoms with E-state index in [9.17, 15) is 0 Å². The van der Waals surface area contributed by atoms with Crippen LogP contribution in [0.15, 0.2) is 0 Å². The van der Waals surface area contributed by atoms with Gasteiger partial charge in [-0.3, -0.25) is 0 Å². The Balaban J connectivity index is 0.000000187. The Morgan fingerprint density at radius 2 is 0.778 bits per heavy atom. The van der Waals surface area contributed by atoms with Crippen molar-refractivity contribution in [1.29, 1.82) is 0 Å². The summed E-state index contributed by atoms with van der Waals surface area (Å²) in [5, 5.41) is 0. The molecule has 0 radical (unpaired) electrons. The van der Waals surface area contributed by atoms with Crippen LogP contribution in [0, 0.1) is 0 Å². The molecule has 0 nitrogen and oxygen atoms in total. The Bertz CT molecular complexity index is 34.8. The molecule has 0 aromatic heterocycles. The second-order valence-corrected chi connectivity index (χ2v) is 3.89. The van der Waals surface area contributed by atoms with Crippen molar-refractivity contribution < 1.29 is 12.9 Å². The van der Waals surface area contributed by atoms with Gasteiger partial charge in [-0.25, -0.2) is 0 Å². The van der Waals surface area contributed by atoms with Gasteiger partial charge >= 0.3 is 33.2 Å². The van der Waals surface area contributed by atoms with Crippen LogP contribution < -0.4 is 0 Å². The van der Waals surface area contributed by atoms with Crippen molar-refractivity contribution in [2.45, 2.75) is 38.5 Å². The van der Waals surface area contributed by atoms with Crippen molar-refractivity contribution in [3.63, 3.8) is 0 Å². The van der Waals surface area contributed by atoms with Gasteiger partial charge in [-0.15, -0.1) is 0 Å². The molecule has 1 aliphatic carbocycles. The SMILES string of the molecule is C1CCCCC1.[Cl][Co][Cl]. The Morgan fingerprint density at radius 3 is 0.889 bits per heavy atom. The van der Waals surface area contributed by atoms with Crippen LogP contribution in [0.3, 0.4) is 0 Å². The Hall–Kier alpha value is 1.09. The Kier molecular flexibility index (Phi) is 10.2. The van der Waals surface area contributed by atoms with Crippen LogP contribution in [0.5, 0.6) is 0 Å². The van der Waals surface area contributed by atoms with Crippen LogP contribution in [0.1, 0.15) is 38.5 Å². The third kappa shape index (κ3) is 9.09. The minimum absolute atomic E-state index is 0.382. The van der Waals surface area contributed by atoms with Gasteiger partial charge < -0.3 is 0 Å². The predicted octanol–water partition coefficient (Wildman–Crippen LogP) is 3.72. The molecule has 0 amide bonds. The number of rotatable bonds is 0. The van der Waals surface area contributed by atoms with Crippen molar-refractivity contribution in [2.75, 3.05) is 0 Å². The summed E-state index contributed by atoms with van der Waals surface area (Å²) in [6.45, 7) is 0. The zero-order valence-corrected chi connectivity index (χ0v) is 7.88. The number of hydrogen-bond acceptors (Lipinski definition) is 0. The minimum atomic E-state index is 0.382. The standard InChI is InChI=1S/C6H12.2ClH.Co/c1-2-4-6-5-3-1;;;/h1-6H2;2*1H;/q;;;+2/p-2. The average Bonchev–Trinajstić information content (AvgIpc) is 1.93. The fourth-order valence-corrected chi connectivity index (χ4v) is 1.06. The molecule has 0 atom stereocenters. The van der Waals surface area contributed by atoms with E-state index in [1.165, 1.54) is 38.5 Å². The molecule has 1 aliphatic rings. The molecule has 1 rings (SSSR count). The van der Waals surface area contributed by atoms with E-state index in [0.717, 1.165) is 0 Å². The van der Waals surface area contributed by atoms with E-state index in [-0.39, 0.29) is 0 Å². The summed E-state index contributed by atoms with van der Waals surface area (Å²) in [6, 6.07) is 0. The molecular formula is C6H12Cl2Co. The van der Waals surface area contributed by atoms with Crippen molar-refractivity contribution in [1.82, 2.24) is 0 Å². The van der Waals surface area contributed by atoms with Crippen LogP contribution in [0.25, 0.3) is 0 Å². The van der Waals surface area contributed by atoms with E-state index < -0.39 is 0 Å². The van der Waals surface area contributed by atoms with Gasteiger partial charge in [0, 0.05) is 0 Å². The molecule has 1 saturated carbocycles. The molecule has 0 aromatic rings. The Morgan fingerprint density at radius 1 is 0.667 bits per heavy atom. The molecule has 9 heavy (non-hydrogen) atoms. The summed E-state index contributed by atoms with van der Waals surface area (Å²) < 4.78 is 0. The fourth-order valence-electron chi connectivity index (χ4n) is 1.06. The molecule has 0 saturated heterocycles. The van der Waals surface area contributed by atoms with E-state index in [4.69, 9.17) is 20.3 Å². The first-order valence-electron chi connectivity index (χ1n) is 3.25. The molecule has 0 aromatic carbocycles. The monoisotopic (exact) mass is 213 g/mol. The molecule has 0 unspecified atom stereocenters. The summed E-state index contributed by atoms with van der Waals surface area (Å²) in [5.74, 6) is 0. The quantitative estimate of drug-likeness (QED) is 0.576. The maximum atomic E-state index is 4.73. The van der Waals surface area contributed by atoms with Crippen molar-refractivity contribution in [2.24, 2.45) is 0 Å². The first-order chi connectivity index (χ1) is 4.41. The summed E-state index contributed by atoms with van der Waals surface area (Å²) in [6.07, 6.45) is 9.00. The summed E-state index contributed by atoms with van der Waals surface area (Å²) >= 11 is 0.382. The predicted molar refractivity (Wildman–Crippen MR) is 39.4 cm³/mol. The van der Waals surface area contributed by atoms with Crippen LogP contribution in [0.2, 0.25) is 0 Å². The van der Waals surface area contributed by atoms with Crippen LogP contribution >= 0.6 is 20.3 Å². The maximum absolute atomic E-state index is 4.73. The second-order valence-electron chi connectivity index (χ2n) is 2.17. The van der Waals surface area contributed by atoms with E-state index in [0.29, 0.717) is 12.9 Å². The topological polar surface area (TPSA) is 0 Å². The zero-order valence-electron chi connectivity index (χ0n) is 5.33. The molecule has 0 heterocycles. The summed E-state index contributed by atoms with van der Waals surface area (Å²) in [4.78, 5) is 0. The molecule has 3 heteroatoms. The van der Waals surface area contributed by atoms with Gasteiger partial charge in [-0.05, 0) is 0 Å². The van der Waals surface area contributed by atoms with E-state index in [1.54, 1.807) is 0 Å². The van der Waals surface area contributed by atoms with Gasteiger partial charge in [0.25, 0.3) is 0 Å². The molecule has 0 N–H and O–H groups in total. The molecule has 0 bridgehead atoms. The third-order valence-electron chi connectivity index (χ3n) is 1.50. The zero-order chi connectivity index (χ0) is 6.95.